The summed E-state index contributed by atoms with van der Waals surface area (Å²) >= 11 is 1.73. The van der Waals surface area contributed by atoms with Crippen LogP contribution >= 0.6 is 11.8 Å². The van der Waals surface area contributed by atoms with E-state index < -0.39 is 6.10 Å². The molecule has 0 saturated heterocycles. The highest BCUT2D eigenvalue weighted by Gasteiger charge is 2.20. The number of para-hydroxylation sites is 1. The molecule has 0 aromatic heterocycles. The molecule has 138 valence electrons. The second-order valence-corrected chi connectivity index (χ2v) is 7.88. The molecule has 1 atom stereocenters. The van der Waals surface area contributed by atoms with Crippen LogP contribution in [0.3, 0.4) is 0 Å². The van der Waals surface area contributed by atoms with E-state index >= 15 is 0 Å². The van der Waals surface area contributed by atoms with Crippen LogP contribution in [0.4, 0.5) is 5.69 Å². The minimum absolute atomic E-state index is 0.0885. The highest BCUT2D eigenvalue weighted by molar-refractivity contribution is 7.99. The predicted molar refractivity (Wildman–Crippen MR) is 109 cm³/mol. The fourth-order valence-corrected chi connectivity index (χ4v) is 4.09. The van der Waals surface area contributed by atoms with Crippen LogP contribution in [0.2, 0.25) is 0 Å². The highest BCUT2D eigenvalue weighted by atomic mass is 32.2. The molecular formula is C22H27NO2S. The topological polar surface area (TPSA) is 38.3 Å². The molecule has 0 fully saturated rings. The molecule has 0 spiro atoms. The van der Waals surface area contributed by atoms with Crippen LogP contribution < -0.4 is 10.1 Å². The van der Waals surface area contributed by atoms with Crippen LogP contribution in [0.25, 0.3) is 0 Å². The first-order valence-corrected chi connectivity index (χ1v) is 10.5. The molecule has 3 rings (SSSR count). The normalized spacial score (nSPS) is 14.4. The van der Waals surface area contributed by atoms with E-state index in [-0.39, 0.29) is 5.91 Å². The molecule has 0 bridgehead atoms. The Hall–Kier alpha value is -1.94. The standard InChI is InChI=1S/C22H27NO2S/c1-3-20(22(24)23-19-11-7-8-12-21(19)26-4-2)25-18-14-13-16-9-5-6-10-17(16)15-18/h7-8,11-15,20H,3-6,9-10H2,1-2H3,(H,23,24). The average Bonchev–Trinajstić information content (AvgIpc) is 2.67. The number of carbonyl (C=O) groups excluding carboxylic acids is 1. The van der Waals surface area contributed by atoms with Crippen molar-refractivity contribution in [1.82, 2.24) is 0 Å². The van der Waals surface area contributed by atoms with Crippen molar-refractivity contribution >= 4 is 23.4 Å². The Kier molecular flexibility index (Phi) is 6.62. The molecule has 0 aliphatic heterocycles. The first kappa shape index (κ1) is 18.8. The molecular weight excluding hydrogens is 342 g/mol. The summed E-state index contributed by atoms with van der Waals surface area (Å²) < 4.78 is 6.04. The fraction of sp³-hybridized carbons (Fsp3) is 0.409. The minimum Gasteiger partial charge on any atom is -0.481 e. The fourth-order valence-electron chi connectivity index (χ4n) is 3.33. The number of amides is 1. The smallest absolute Gasteiger partial charge is 0.265 e. The van der Waals surface area contributed by atoms with Gasteiger partial charge in [-0.05, 0) is 73.2 Å². The van der Waals surface area contributed by atoms with Crippen molar-refractivity contribution in [2.24, 2.45) is 0 Å². The van der Waals surface area contributed by atoms with Gasteiger partial charge in [0.05, 0.1) is 5.69 Å². The monoisotopic (exact) mass is 369 g/mol. The summed E-state index contributed by atoms with van der Waals surface area (Å²) in [5.74, 6) is 1.67. The van der Waals surface area contributed by atoms with E-state index in [9.17, 15) is 4.79 Å². The molecule has 1 N–H and O–H groups in total. The summed E-state index contributed by atoms with van der Waals surface area (Å²) in [7, 11) is 0. The lowest BCUT2D eigenvalue weighted by molar-refractivity contribution is -0.122. The Morgan fingerprint density at radius 1 is 1.12 bits per heavy atom. The molecule has 1 aliphatic rings. The Morgan fingerprint density at radius 2 is 1.88 bits per heavy atom. The van der Waals surface area contributed by atoms with Gasteiger partial charge in [0.15, 0.2) is 6.10 Å². The van der Waals surface area contributed by atoms with Crippen molar-refractivity contribution in [2.45, 2.75) is 57.0 Å². The van der Waals surface area contributed by atoms with Gasteiger partial charge in [-0.3, -0.25) is 4.79 Å². The number of rotatable bonds is 7. The van der Waals surface area contributed by atoms with Crippen molar-refractivity contribution in [3.05, 3.63) is 53.6 Å². The van der Waals surface area contributed by atoms with Gasteiger partial charge in [-0.1, -0.05) is 32.0 Å². The van der Waals surface area contributed by atoms with Gasteiger partial charge in [0, 0.05) is 4.90 Å². The van der Waals surface area contributed by atoms with Crippen molar-refractivity contribution in [2.75, 3.05) is 11.1 Å². The third-order valence-electron chi connectivity index (χ3n) is 4.71. The number of benzene rings is 2. The maximum absolute atomic E-state index is 12.7. The highest BCUT2D eigenvalue weighted by Crippen LogP contribution is 2.28. The SMILES string of the molecule is CCSc1ccccc1NC(=O)C(CC)Oc1ccc2c(c1)CCCC2. The number of hydrogen-bond acceptors (Lipinski definition) is 3. The molecule has 3 nitrogen and oxygen atoms in total. The molecule has 0 saturated carbocycles. The van der Waals surface area contributed by atoms with Gasteiger partial charge >= 0.3 is 0 Å². The van der Waals surface area contributed by atoms with Gasteiger partial charge in [0.2, 0.25) is 0 Å². The molecule has 1 unspecified atom stereocenters. The zero-order valence-electron chi connectivity index (χ0n) is 15.6. The lowest BCUT2D eigenvalue weighted by atomic mass is 9.92. The van der Waals surface area contributed by atoms with Gasteiger partial charge in [-0.2, -0.15) is 0 Å². The molecule has 1 amide bonds. The van der Waals surface area contributed by atoms with Crippen LogP contribution in [-0.4, -0.2) is 17.8 Å². The predicted octanol–water partition coefficient (Wildman–Crippen LogP) is 5.47. The largest absolute Gasteiger partial charge is 0.481 e. The van der Waals surface area contributed by atoms with Crippen molar-refractivity contribution < 1.29 is 9.53 Å². The van der Waals surface area contributed by atoms with Crippen LogP contribution in [0.5, 0.6) is 5.75 Å². The summed E-state index contributed by atoms with van der Waals surface area (Å²) in [6, 6.07) is 14.2. The lowest BCUT2D eigenvalue weighted by Gasteiger charge is -2.21. The number of nitrogens with one attached hydrogen (secondary N) is 1. The van der Waals surface area contributed by atoms with Gasteiger partial charge < -0.3 is 10.1 Å². The Morgan fingerprint density at radius 3 is 2.65 bits per heavy atom. The van der Waals surface area contributed by atoms with Crippen molar-refractivity contribution in [3.8, 4) is 5.75 Å². The van der Waals surface area contributed by atoms with Crippen molar-refractivity contribution in [1.29, 1.82) is 0 Å². The summed E-state index contributed by atoms with van der Waals surface area (Å²) in [5.41, 5.74) is 3.65. The summed E-state index contributed by atoms with van der Waals surface area (Å²) in [6.07, 6.45) is 4.90. The zero-order chi connectivity index (χ0) is 18.4. The first-order chi connectivity index (χ1) is 12.7. The maximum atomic E-state index is 12.7. The number of ether oxygens (including phenoxy) is 1. The number of carbonyl (C=O) groups is 1. The van der Waals surface area contributed by atoms with Gasteiger partial charge in [-0.15, -0.1) is 11.8 Å². The third kappa shape index (κ3) is 4.61. The number of aryl methyl sites for hydroxylation is 2. The quantitative estimate of drug-likeness (QED) is 0.657. The van der Waals surface area contributed by atoms with E-state index in [2.05, 4.69) is 24.4 Å². The van der Waals surface area contributed by atoms with Crippen molar-refractivity contribution in [3.63, 3.8) is 0 Å². The second-order valence-electron chi connectivity index (χ2n) is 6.57. The summed E-state index contributed by atoms with van der Waals surface area (Å²) in [6.45, 7) is 4.09. The minimum atomic E-state index is -0.490. The van der Waals surface area contributed by atoms with E-state index in [1.54, 1.807) is 11.8 Å². The van der Waals surface area contributed by atoms with Gasteiger partial charge in [-0.25, -0.2) is 0 Å². The number of hydrogen-bond donors (Lipinski definition) is 1. The molecule has 26 heavy (non-hydrogen) atoms. The van der Waals surface area contributed by atoms with Crippen LogP contribution in [-0.2, 0) is 17.6 Å². The van der Waals surface area contributed by atoms with Gasteiger partial charge in [0.1, 0.15) is 5.75 Å². The van der Waals surface area contributed by atoms with E-state index in [1.807, 2.05) is 37.3 Å². The summed E-state index contributed by atoms with van der Waals surface area (Å²) in [5, 5.41) is 3.04. The second kappa shape index (κ2) is 9.13. The van der Waals surface area contributed by atoms with Crippen LogP contribution in [0.15, 0.2) is 47.4 Å². The third-order valence-corrected chi connectivity index (χ3v) is 5.66. The maximum Gasteiger partial charge on any atom is 0.265 e. The molecule has 2 aromatic carbocycles. The molecule has 2 aromatic rings. The zero-order valence-corrected chi connectivity index (χ0v) is 16.4. The Bertz CT molecular complexity index is 760. The Balaban J connectivity index is 1.69. The van der Waals surface area contributed by atoms with E-state index in [0.717, 1.165) is 34.9 Å². The van der Waals surface area contributed by atoms with E-state index in [4.69, 9.17) is 4.74 Å². The van der Waals surface area contributed by atoms with Crippen LogP contribution in [0.1, 0.15) is 44.2 Å². The molecule has 0 radical (unpaired) electrons. The molecule has 1 aliphatic carbocycles. The number of fused-ring (bicyclic) bond motifs is 1. The number of anilines is 1. The van der Waals surface area contributed by atoms with E-state index in [0.29, 0.717) is 6.42 Å². The average molecular weight is 370 g/mol. The van der Waals surface area contributed by atoms with E-state index in [1.165, 1.54) is 24.0 Å². The first-order valence-electron chi connectivity index (χ1n) is 9.52. The lowest BCUT2D eigenvalue weighted by Crippen LogP contribution is -2.32. The number of thioether (sulfide) groups is 1. The van der Waals surface area contributed by atoms with Crippen LogP contribution in [0, 0.1) is 0 Å². The Labute approximate surface area is 160 Å². The van der Waals surface area contributed by atoms with Gasteiger partial charge in [0.25, 0.3) is 5.91 Å². The molecule has 0 heterocycles. The summed E-state index contributed by atoms with van der Waals surface area (Å²) in [4.78, 5) is 13.8. The molecule has 4 heteroatoms.